The lowest BCUT2D eigenvalue weighted by molar-refractivity contribution is -0.274. The number of unbranched alkanes of at least 4 members (excludes halogenated alkanes) is 5. The summed E-state index contributed by atoms with van der Waals surface area (Å²) in [5.74, 6) is 0.767. The normalized spacial score (nSPS) is 12.5. The molecule has 0 fully saturated rings. The number of alkyl halides is 3. The number of amides is 2. The summed E-state index contributed by atoms with van der Waals surface area (Å²) >= 11 is 0. The average molecular weight is 871 g/mol. The van der Waals surface area contributed by atoms with Crippen LogP contribution >= 0.6 is 0 Å². The number of nitrogens with one attached hydrogen (secondary N) is 4. The van der Waals surface area contributed by atoms with E-state index in [1.807, 2.05) is 59.6 Å². The van der Waals surface area contributed by atoms with E-state index >= 15 is 0 Å². The number of rotatable bonds is 21. The quantitative estimate of drug-likeness (QED) is 0.0522. The molecule has 62 heavy (non-hydrogen) atoms. The van der Waals surface area contributed by atoms with Crippen LogP contribution in [0.2, 0.25) is 0 Å². The van der Waals surface area contributed by atoms with Gasteiger partial charge in [0.05, 0.1) is 16.3 Å². The number of aryl methyl sites for hydroxylation is 1. The summed E-state index contributed by atoms with van der Waals surface area (Å²) in [5, 5.41) is 8.27. The summed E-state index contributed by atoms with van der Waals surface area (Å²) in [5.41, 5.74) is 5.70. The highest BCUT2D eigenvalue weighted by atomic mass is 32.2. The molecule has 2 amide bonds. The van der Waals surface area contributed by atoms with E-state index in [1.165, 1.54) is 0 Å². The van der Waals surface area contributed by atoms with Gasteiger partial charge in [0.2, 0.25) is 21.8 Å². The fourth-order valence-electron chi connectivity index (χ4n) is 7.51. The zero-order valence-corrected chi connectivity index (χ0v) is 34.9. The molecule has 6 aromatic rings. The zero-order valence-electron chi connectivity index (χ0n) is 34.1. The van der Waals surface area contributed by atoms with Crippen LogP contribution in [-0.2, 0) is 32.6 Å². The first kappa shape index (κ1) is 43.9. The molecule has 7 rings (SSSR count). The Morgan fingerprint density at radius 2 is 1.47 bits per heavy atom. The number of para-hydroxylation sites is 2. The van der Waals surface area contributed by atoms with E-state index in [0.29, 0.717) is 56.8 Å². The van der Waals surface area contributed by atoms with Gasteiger partial charge in [-0.3, -0.25) is 14.6 Å². The van der Waals surface area contributed by atoms with E-state index in [0.717, 1.165) is 107 Å². The number of halogens is 3. The Kier molecular flexibility index (Phi) is 14.3. The van der Waals surface area contributed by atoms with Crippen LogP contribution in [0.15, 0.2) is 108 Å². The number of sulfonamides is 1. The topological polar surface area (TPSA) is 155 Å². The van der Waals surface area contributed by atoms with E-state index in [4.69, 9.17) is 4.74 Å². The highest BCUT2D eigenvalue weighted by molar-refractivity contribution is 7.89. The van der Waals surface area contributed by atoms with Crippen molar-refractivity contribution in [1.82, 2.24) is 25.3 Å². The molecule has 0 aliphatic carbocycles. The van der Waals surface area contributed by atoms with Crippen molar-refractivity contribution < 1.29 is 40.7 Å². The molecule has 0 saturated carbocycles. The number of carbonyl (C=O) groups is 2. The first-order valence-electron chi connectivity index (χ1n) is 20.8. The van der Waals surface area contributed by atoms with Gasteiger partial charge in [-0.2, -0.15) is 0 Å². The number of fused-ring (bicyclic) bond motifs is 5. The fraction of sp³-hybridized carbons (Fsp3) is 0.326. The molecule has 0 unspecified atom stereocenters. The first-order valence-corrected chi connectivity index (χ1v) is 22.3. The Balaban J connectivity index is 0.768. The van der Waals surface area contributed by atoms with Gasteiger partial charge in [-0.05, 0) is 97.5 Å². The highest BCUT2D eigenvalue weighted by Crippen LogP contribution is 2.46. The number of aromatic amines is 1. The molecule has 4 N–H and O–H groups in total. The van der Waals surface area contributed by atoms with E-state index in [-0.39, 0.29) is 23.3 Å². The number of nitrogens with zero attached hydrogens (tertiary/aromatic N) is 2. The van der Waals surface area contributed by atoms with Crippen LogP contribution in [0.1, 0.15) is 68.9 Å². The summed E-state index contributed by atoms with van der Waals surface area (Å²) in [4.78, 5) is 34.6. The second-order valence-electron chi connectivity index (χ2n) is 15.2. The molecule has 12 nitrogen and oxygen atoms in total. The lowest BCUT2D eigenvalue weighted by Crippen LogP contribution is -2.29. The third-order valence-electron chi connectivity index (χ3n) is 10.7. The van der Waals surface area contributed by atoms with Crippen molar-refractivity contribution in [3.63, 3.8) is 0 Å². The Labute approximate surface area is 358 Å². The van der Waals surface area contributed by atoms with Crippen LogP contribution in [0.25, 0.3) is 21.8 Å². The predicted octanol–water partition coefficient (Wildman–Crippen LogP) is 9.32. The molecule has 3 heterocycles. The van der Waals surface area contributed by atoms with Gasteiger partial charge >= 0.3 is 6.36 Å². The predicted molar refractivity (Wildman–Crippen MR) is 232 cm³/mol. The van der Waals surface area contributed by atoms with Crippen LogP contribution in [0, 0.1) is 0 Å². The molecule has 0 atom stereocenters. The second kappa shape index (κ2) is 20.2. The minimum atomic E-state index is -4.88. The number of anilines is 2. The average Bonchev–Trinajstić information content (AvgIpc) is 3.63. The number of aromatic nitrogens is 2. The van der Waals surface area contributed by atoms with Crippen molar-refractivity contribution in [1.29, 1.82) is 0 Å². The second-order valence-corrected chi connectivity index (χ2v) is 17.0. The number of benzene rings is 4. The van der Waals surface area contributed by atoms with Gasteiger partial charge in [0.15, 0.2) is 11.5 Å². The molecule has 0 bridgehead atoms. The van der Waals surface area contributed by atoms with Gasteiger partial charge in [-0.15, -0.1) is 13.2 Å². The molecule has 326 valence electrons. The van der Waals surface area contributed by atoms with Crippen molar-refractivity contribution in [2.24, 2.45) is 0 Å². The highest BCUT2D eigenvalue weighted by Gasteiger charge is 2.31. The Hall–Kier alpha value is -6.13. The third-order valence-corrected chi connectivity index (χ3v) is 12.1. The summed E-state index contributed by atoms with van der Waals surface area (Å²) in [7, 11) is -3.97. The minimum absolute atomic E-state index is 0.0232. The van der Waals surface area contributed by atoms with Crippen molar-refractivity contribution in [3.05, 3.63) is 115 Å². The lowest BCUT2D eigenvalue weighted by Gasteiger charge is -2.33. The summed E-state index contributed by atoms with van der Waals surface area (Å²) in [6.07, 6.45) is 6.48. The van der Waals surface area contributed by atoms with Crippen molar-refractivity contribution in [2.45, 2.75) is 82.0 Å². The number of carbonyl (C=O) groups excluding carboxylic acids is 2. The van der Waals surface area contributed by atoms with Crippen LogP contribution in [0.3, 0.4) is 0 Å². The van der Waals surface area contributed by atoms with E-state index in [2.05, 4.69) is 48.3 Å². The summed E-state index contributed by atoms with van der Waals surface area (Å²) in [6.45, 7) is 1.51. The Morgan fingerprint density at radius 3 is 2.29 bits per heavy atom. The van der Waals surface area contributed by atoms with Crippen molar-refractivity contribution >= 4 is 55.0 Å². The maximum Gasteiger partial charge on any atom is 0.573 e. The van der Waals surface area contributed by atoms with E-state index < -0.39 is 22.1 Å². The van der Waals surface area contributed by atoms with E-state index in [9.17, 15) is 31.2 Å². The molecule has 0 saturated heterocycles. The summed E-state index contributed by atoms with van der Waals surface area (Å²) < 4.78 is 75.6. The van der Waals surface area contributed by atoms with E-state index in [1.54, 1.807) is 6.20 Å². The van der Waals surface area contributed by atoms with Gasteiger partial charge in [-0.25, -0.2) is 13.1 Å². The van der Waals surface area contributed by atoms with Gasteiger partial charge in [0, 0.05) is 73.2 Å². The molecular formula is C46H49F3N6O6S. The molecule has 16 heteroatoms. The third kappa shape index (κ3) is 11.8. The molecule has 1 aliphatic rings. The van der Waals surface area contributed by atoms with Gasteiger partial charge in [-0.1, -0.05) is 56.0 Å². The van der Waals surface area contributed by atoms with Gasteiger partial charge in [0.25, 0.3) is 0 Å². The molecule has 0 spiro atoms. The molecule has 4 aromatic carbocycles. The van der Waals surface area contributed by atoms with Crippen LogP contribution in [0.5, 0.6) is 17.2 Å². The van der Waals surface area contributed by atoms with Crippen molar-refractivity contribution in [2.75, 3.05) is 24.5 Å². The number of ether oxygens (including phenoxy) is 2. The zero-order chi connectivity index (χ0) is 43.5. The Bertz CT molecular complexity index is 2600. The lowest BCUT2D eigenvalue weighted by atomic mass is 10.1. The standard InChI is InChI=1S/C46H49F3N6O6S/c47-46(48,49)61-34-16-18-35(19-17-34)62(58,59)53-25-9-27-55-40-10-6-7-11-42(40)60-43-29-33(14-21-41(43)55)30-52-44(56)12-5-3-1-2-4-8-24-51-45(57)22-15-32-13-20-36-37-31-50-26-23-38(37)54-39(36)28-32/h6-7,10-11,13-14,16-21,23,26,28-29,31,53-54H,1-5,8-9,12,15,22,24-25,27,30H2,(H,51,57)(H,52,56). The number of hydrogen-bond donors (Lipinski definition) is 4. The minimum Gasteiger partial charge on any atom is -0.453 e. The number of H-pyrrole nitrogens is 1. The summed E-state index contributed by atoms with van der Waals surface area (Å²) in [6, 6.07) is 25.5. The SMILES string of the molecule is O=C(CCc1ccc2c(c1)[nH]c1ccncc12)NCCCCCCCCC(=O)NCc1ccc2c(c1)Oc1ccccc1N2CCCNS(=O)(=O)c1ccc(OC(F)(F)F)cc1. The van der Waals surface area contributed by atoms with Crippen LogP contribution in [-0.4, -0.2) is 56.2 Å². The Morgan fingerprint density at radius 1 is 0.726 bits per heavy atom. The fourth-order valence-corrected chi connectivity index (χ4v) is 8.58. The molecular weight excluding hydrogens is 822 g/mol. The number of hydrogen-bond acceptors (Lipinski definition) is 8. The molecule has 0 radical (unpaired) electrons. The smallest absolute Gasteiger partial charge is 0.453 e. The van der Waals surface area contributed by atoms with Gasteiger partial charge < -0.3 is 30.0 Å². The molecule has 1 aliphatic heterocycles. The largest absolute Gasteiger partial charge is 0.573 e. The maximum atomic E-state index is 12.8. The molecule has 2 aromatic heterocycles. The first-order chi connectivity index (χ1) is 29.9. The van der Waals surface area contributed by atoms with Crippen LogP contribution < -0.4 is 29.7 Å². The number of pyridine rings is 1. The van der Waals surface area contributed by atoms with Crippen molar-refractivity contribution in [3.8, 4) is 17.2 Å². The van der Waals surface area contributed by atoms with Crippen LogP contribution in [0.4, 0.5) is 24.5 Å². The van der Waals surface area contributed by atoms with Gasteiger partial charge in [0.1, 0.15) is 5.75 Å². The maximum absolute atomic E-state index is 12.8. The monoisotopic (exact) mass is 870 g/mol.